The molecule has 0 aliphatic heterocycles. The molecule has 4 nitrogen and oxygen atoms in total. The van der Waals surface area contributed by atoms with E-state index < -0.39 is 12.5 Å². The van der Waals surface area contributed by atoms with E-state index in [4.69, 9.17) is 25.9 Å². The van der Waals surface area contributed by atoms with Gasteiger partial charge in [-0.05, 0) is 34.3 Å². The van der Waals surface area contributed by atoms with Crippen molar-refractivity contribution in [3.8, 4) is 0 Å². The van der Waals surface area contributed by atoms with Crippen molar-refractivity contribution < 1.29 is 8.53 Å². The number of halogens is 2. The molecule has 3 N–H and O–H groups in total. The fraction of sp³-hybridized carbons (Fsp3) is 0.267. The van der Waals surface area contributed by atoms with Crippen molar-refractivity contribution in [3.05, 3.63) is 43.8 Å². The third kappa shape index (κ3) is 3.30. The largest absolute Gasteiger partial charge is 0.456 e. The molecule has 0 fully saturated rings. The minimum atomic E-state index is -1.80. The van der Waals surface area contributed by atoms with Gasteiger partial charge >= 0.3 is 0 Å². The van der Waals surface area contributed by atoms with Crippen LogP contribution in [0.2, 0.25) is 5.15 Å². The number of aromatic nitrogens is 1. The van der Waals surface area contributed by atoms with Crippen molar-refractivity contribution in [2.75, 3.05) is 5.32 Å². The van der Waals surface area contributed by atoms with Gasteiger partial charge in [0.05, 0.1) is 12.9 Å². The number of pyridine rings is 1. The van der Waals surface area contributed by atoms with Crippen LogP contribution in [0.15, 0.2) is 32.5 Å². The highest BCUT2D eigenvalue weighted by Crippen LogP contribution is 2.36. The molecule has 0 aromatic carbocycles. The fourth-order valence-electron chi connectivity index (χ4n) is 1.99. The van der Waals surface area contributed by atoms with E-state index in [-0.39, 0.29) is 11.6 Å². The fourth-order valence-corrected chi connectivity index (χ4v) is 3.25. The molecule has 0 saturated heterocycles. The van der Waals surface area contributed by atoms with Crippen molar-refractivity contribution in [3.63, 3.8) is 0 Å². The van der Waals surface area contributed by atoms with E-state index in [9.17, 15) is 0 Å². The first kappa shape index (κ1) is 12.4. The van der Waals surface area contributed by atoms with Crippen LogP contribution in [0.4, 0.5) is 5.69 Å². The second-order valence-electron chi connectivity index (χ2n) is 4.76. The third-order valence-corrected chi connectivity index (χ3v) is 4.70. The van der Waals surface area contributed by atoms with Crippen LogP contribution in [0.5, 0.6) is 0 Å². The maximum absolute atomic E-state index is 8.27. The molecule has 3 heterocycles. The first-order valence-corrected chi connectivity index (χ1v) is 8.50. The lowest BCUT2D eigenvalue weighted by molar-refractivity contribution is 0.523. The Morgan fingerprint density at radius 3 is 3.18 bits per heavy atom. The summed E-state index contributed by atoms with van der Waals surface area (Å²) >= 11 is 10.8. The zero-order valence-electron chi connectivity index (χ0n) is 14.6. The summed E-state index contributed by atoms with van der Waals surface area (Å²) in [4.78, 5) is 4.77. The van der Waals surface area contributed by atoms with Crippen LogP contribution in [0.3, 0.4) is 0 Å². The number of thiophene rings is 1. The smallest absolute Gasteiger partial charge is 0.177 e. The van der Waals surface area contributed by atoms with Crippen molar-refractivity contribution in [2.45, 2.75) is 25.9 Å². The summed E-state index contributed by atoms with van der Waals surface area (Å²) in [5.41, 5.74) is 6.95. The van der Waals surface area contributed by atoms with Crippen molar-refractivity contribution in [2.24, 2.45) is 5.73 Å². The average molecular weight is 404 g/mol. The Kier molecular flexibility index (Phi) is 3.70. The van der Waals surface area contributed by atoms with Crippen LogP contribution >= 0.6 is 38.9 Å². The van der Waals surface area contributed by atoms with Crippen LogP contribution in [-0.2, 0) is 12.9 Å². The van der Waals surface area contributed by atoms with E-state index in [1.54, 1.807) is 19.1 Å². The normalized spacial score (nSPS) is 16.8. The van der Waals surface area contributed by atoms with Crippen molar-refractivity contribution in [1.29, 1.82) is 0 Å². The average Bonchev–Trinajstić information content (AvgIpc) is 3.09. The van der Waals surface area contributed by atoms with Crippen LogP contribution in [-0.4, -0.2) is 11.0 Å². The van der Waals surface area contributed by atoms with Gasteiger partial charge in [-0.3, -0.25) is 0 Å². The van der Waals surface area contributed by atoms with Gasteiger partial charge in [-0.2, -0.15) is 0 Å². The van der Waals surface area contributed by atoms with Crippen LogP contribution in [0.1, 0.15) is 21.7 Å². The Labute approximate surface area is 150 Å². The predicted molar refractivity (Wildman–Crippen MR) is 95.7 cm³/mol. The molecule has 0 bridgehead atoms. The first-order chi connectivity index (χ1) is 11.6. The maximum atomic E-state index is 8.27. The van der Waals surface area contributed by atoms with Crippen LogP contribution in [0.25, 0.3) is 11.1 Å². The molecule has 116 valence electrons. The van der Waals surface area contributed by atoms with Gasteiger partial charge in [-0.25, -0.2) is 4.98 Å². The molecule has 1 atom stereocenters. The number of hydrogen-bond donors (Lipinski definition) is 2. The zero-order valence-corrected chi connectivity index (χ0v) is 14.8. The second kappa shape index (κ2) is 6.58. The predicted octanol–water partition coefficient (Wildman–Crippen LogP) is 4.81. The van der Waals surface area contributed by atoms with Crippen LogP contribution in [0, 0.1) is 0 Å². The summed E-state index contributed by atoms with van der Waals surface area (Å²) in [5.74, 6) is 0.463. The second-order valence-corrected chi connectivity index (χ2v) is 6.89. The lowest BCUT2D eigenvalue weighted by Gasteiger charge is -2.06. The molecule has 0 spiro atoms. The molecular formula is C15H15BrClN3OS. The lowest BCUT2D eigenvalue weighted by atomic mass is 10.2. The third-order valence-electron chi connectivity index (χ3n) is 2.90. The molecule has 3 rings (SSSR count). The van der Waals surface area contributed by atoms with Gasteiger partial charge in [0.1, 0.15) is 16.4 Å². The molecule has 7 heteroatoms. The Morgan fingerprint density at radius 2 is 2.50 bits per heavy atom. The summed E-state index contributed by atoms with van der Waals surface area (Å²) in [6.45, 7) is -0.232. The number of nitrogens with one attached hydrogen (secondary N) is 1. The van der Waals surface area contributed by atoms with E-state index in [1.807, 2.05) is 5.38 Å². The monoisotopic (exact) mass is 402 g/mol. The molecule has 3 aromatic rings. The van der Waals surface area contributed by atoms with Crippen LogP contribution < -0.4 is 11.1 Å². The topological polar surface area (TPSA) is 64.1 Å². The standard InChI is InChI=1S/C15H15BrClN3OS/c1-8(18)5-11-13(16)14-15(21-11)10(6-12(17)20-14)19-7-9-3-2-4-22-9/h2-4,6,8H,5,7,18H2,1H3,(H,19,20)/t8-/m0/s1/i7D2,8D. The summed E-state index contributed by atoms with van der Waals surface area (Å²) in [6, 6.07) is 3.80. The maximum Gasteiger partial charge on any atom is 0.177 e. The molecule has 22 heavy (non-hydrogen) atoms. The Balaban J connectivity index is 2.08. The summed E-state index contributed by atoms with van der Waals surface area (Å²) in [5, 5.41) is 4.84. The molecule has 0 aliphatic rings. The van der Waals surface area contributed by atoms with E-state index in [2.05, 4.69) is 26.2 Å². The summed E-state index contributed by atoms with van der Waals surface area (Å²) in [7, 11) is 0. The molecule has 0 unspecified atom stereocenters. The first-order valence-electron chi connectivity index (χ1n) is 7.95. The number of furan rings is 1. The van der Waals surface area contributed by atoms with E-state index in [0.29, 0.717) is 31.9 Å². The molecule has 0 saturated carbocycles. The highest BCUT2D eigenvalue weighted by molar-refractivity contribution is 9.10. The summed E-state index contributed by atoms with van der Waals surface area (Å²) in [6.07, 6.45) is 0.165. The van der Waals surface area contributed by atoms with Crippen molar-refractivity contribution in [1.82, 2.24) is 4.98 Å². The van der Waals surface area contributed by atoms with Crippen molar-refractivity contribution >= 4 is 55.7 Å². The highest BCUT2D eigenvalue weighted by Gasteiger charge is 2.18. The van der Waals surface area contributed by atoms with E-state index in [0.717, 1.165) is 0 Å². The Hall–Kier alpha value is -1.08. The lowest BCUT2D eigenvalue weighted by Crippen LogP contribution is -2.17. The number of fused-ring (bicyclic) bond motifs is 1. The summed E-state index contributed by atoms with van der Waals surface area (Å²) < 4.78 is 30.8. The number of anilines is 1. The Morgan fingerprint density at radius 1 is 1.68 bits per heavy atom. The molecule has 0 amide bonds. The number of rotatable bonds is 5. The van der Waals surface area contributed by atoms with Gasteiger partial charge in [0.15, 0.2) is 5.58 Å². The number of nitrogens with two attached hydrogens (primary N) is 1. The minimum absolute atomic E-state index is 0.165. The van der Waals surface area contributed by atoms with Gasteiger partial charge in [0.2, 0.25) is 0 Å². The van der Waals surface area contributed by atoms with Gasteiger partial charge < -0.3 is 15.5 Å². The minimum Gasteiger partial charge on any atom is -0.456 e. The Bertz CT molecular complexity index is 909. The molecular weight excluding hydrogens is 386 g/mol. The van der Waals surface area contributed by atoms with Gasteiger partial charge in [0, 0.05) is 31.2 Å². The quantitative estimate of drug-likeness (QED) is 0.600. The van der Waals surface area contributed by atoms with Gasteiger partial charge in [-0.15, -0.1) is 11.3 Å². The molecule has 0 aliphatic carbocycles. The number of hydrogen-bond acceptors (Lipinski definition) is 5. The van der Waals surface area contributed by atoms with E-state index in [1.165, 1.54) is 17.4 Å². The molecule has 3 aromatic heterocycles. The van der Waals surface area contributed by atoms with Gasteiger partial charge in [0.25, 0.3) is 0 Å². The van der Waals surface area contributed by atoms with Gasteiger partial charge in [-0.1, -0.05) is 17.7 Å². The SMILES string of the molecule is [2H]C([2H])(Nc1cc(Cl)nc2c(Br)c(C[C@]([2H])(C)N)oc12)c1cccs1. The highest BCUT2D eigenvalue weighted by atomic mass is 79.9. The number of nitrogens with zero attached hydrogens (tertiary/aromatic N) is 1. The zero-order chi connectivity index (χ0) is 18.4. The van der Waals surface area contributed by atoms with E-state index >= 15 is 0 Å². The molecule has 0 radical (unpaired) electrons.